The summed E-state index contributed by atoms with van der Waals surface area (Å²) < 4.78 is 0. The Morgan fingerprint density at radius 3 is 2.16 bits per heavy atom. The first-order valence-electron chi connectivity index (χ1n) is 11.6. The van der Waals surface area contributed by atoms with Gasteiger partial charge >= 0.3 is 0 Å². The van der Waals surface area contributed by atoms with Gasteiger partial charge in [-0.15, -0.1) is 11.3 Å². The monoisotopic (exact) mass is 456 g/mol. The molecule has 2 aromatic rings. The number of rotatable bonds is 10. The molecular formula is C27H40N2O2S. The van der Waals surface area contributed by atoms with E-state index in [9.17, 15) is 9.59 Å². The van der Waals surface area contributed by atoms with Crippen LogP contribution in [0, 0.1) is 18.3 Å². The molecular weight excluding hydrogens is 416 g/mol. The quantitative estimate of drug-likeness (QED) is 0.422. The molecule has 176 valence electrons. The molecule has 0 aliphatic carbocycles. The Kier molecular flexibility index (Phi) is 9.50. The van der Waals surface area contributed by atoms with Crippen LogP contribution in [-0.4, -0.2) is 34.2 Å². The van der Waals surface area contributed by atoms with Crippen LogP contribution in [0.15, 0.2) is 41.8 Å². The number of hydrogen-bond acceptors (Lipinski definition) is 3. The van der Waals surface area contributed by atoms with Crippen LogP contribution in [0.25, 0.3) is 0 Å². The molecule has 1 aromatic heterocycles. The minimum Gasteiger partial charge on any atom is -0.332 e. The van der Waals surface area contributed by atoms with Gasteiger partial charge in [-0.3, -0.25) is 9.59 Å². The Balaban J connectivity index is 2.14. The van der Waals surface area contributed by atoms with Crippen LogP contribution in [0.3, 0.4) is 0 Å². The van der Waals surface area contributed by atoms with Crippen molar-refractivity contribution >= 4 is 23.2 Å². The molecule has 32 heavy (non-hydrogen) atoms. The molecule has 0 radical (unpaired) electrons. The number of hydrogen-bond donors (Lipinski definition) is 0. The van der Waals surface area contributed by atoms with Crippen LogP contribution in [0.2, 0.25) is 0 Å². The highest BCUT2D eigenvalue weighted by molar-refractivity contribution is 7.10. The lowest BCUT2D eigenvalue weighted by Gasteiger charge is -2.31. The number of benzene rings is 1. The van der Waals surface area contributed by atoms with Crippen LogP contribution in [-0.2, 0) is 22.7 Å². The molecule has 4 nitrogen and oxygen atoms in total. The molecule has 1 atom stereocenters. The fourth-order valence-electron chi connectivity index (χ4n) is 4.11. The Hall–Kier alpha value is -2.14. The largest absolute Gasteiger partial charge is 0.332 e. The normalized spacial score (nSPS) is 12.6. The average molecular weight is 457 g/mol. The minimum atomic E-state index is -0.0182. The summed E-state index contributed by atoms with van der Waals surface area (Å²) in [5.41, 5.74) is 2.48. The van der Waals surface area contributed by atoms with Gasteiger partial charge < -0.3 is 9.80 Å². The molecule has 1 unspecified atom stereocenters. The van der Waals surface area contributed by atoms with Crippen molar-refractivity contribution in [2.24, 2.45) is 11.3 Å². The lowest BCUT2D eigenvalue weighted by atomic mass is 9.84. The van der Waals surface area contributed by atoms with Gasteiger partial charge in [-0.2, -0.15) is 0 Å². The summed E-state index contributed by atoms with van der Waals surface area (Å²) in [6.07, 6.45) is 1.46. The summed E-state index contributed by atoms with van der Waals surface area (Å²) in [7, 11) is 0. The molecule has 0 spiro atoms. The smallest absolute Gasteiger partial charge is 0.242 e. The first-order chi connectivity index (χ1) is 15.0. The van der Waals surface area contributed by atoms with Crippen molar-refractivity contribution in [3.05, 3.63) is 57.8 Å². The van der Waals surface area contributed by atoms with Gasteiger partial charge in [0.2, 0.25) is 11.8 Å². The Morgan fingerprint density at radius 1 is 0.969 bits per heavy atom. The second-order valence-electron chi connectivity index (χ2n) is 10.5. The molecule has 0 aliphatic heterocycles. The van der Waals surface area contributed by atoms with Gasteiger partial charge in [0.05, 0.1) is 13.1 Å². The Bertz CT molecular complexity index is 867. The van der Waals surface area contributed by atoms with E-state index in [2.05, 4.69) is 46.1 Å². The van der Waals surface area contributed by atoms with Gasteiger partial charge in [-0.05, 0) is 61.1 Å². The highest BCUT2D eigenvalue weighted by atomic mass is 32.1. The highest BCUT2D eigenvalue weighted by Crippen LogP contribution is 2.27. The summed E-state index contributed by atoms with van der Waals surface area (Å²) in [5.74, 6) is 0.345. The topological polar surface area (TPSA) is 40.6 Å². The van der Waals surface area contributed by atoms with E-state index in [-0.39, 0.29) is 35.7 Å². The van der Waals surface area contributed by atoms with Crippen molar-refractivity contribution in [2.45, 2.75) is 80.4 Å². The maximum atomic E-state index is 13.5. The predicted octanol–water partition coefficient (Wildman–Crippen LogP) is 6.28. The van der Waals surface area contributed by atoms with Crippen LogP contribution in [0.5, 0.6) is 0 Å². The van der Waals surface area contributed by atoms with Crippen LogP contribution < -0.4 is 0 Å². The predicted molar refractivity (Wildman–Crippen MR) is 134 cm³/mol. The summed E-state index contributed by atoms with van der Waals surface area (Å²) in [5, 5.41) is 2.07. The van der Waals surface area contributed by atoms with Crippen LogP contribution >= 0.6 is 11.3 Å². The lowest BCUT2D eigenvalue weighted by Crippen LogP contribution is -2.46. The van der Waals surface area contributed by atoms with Crippen molar-refractivity contribution in [2.75, 3.05) is 6.54 Å². The van der Waals surface area contributed by atoms with Gasteiger partial charge in [0, 0.05) is 23.9 Å². The fraction of sp³-hybridized carbons (Fsp3) is 0.556. The SMILES string of the molecule is Cc1ccsc1CN(Cc1ccccc1)C(=O)CN(C(=O)CC(C)CC(C)(C)C)C(C)C. The molecule has 2 rings (SSSR count). The first-order valence-corrected chi connectivity index (χ1v) is 12.5. The second kappa shape index (κ2) is 11.6. The van der Waals surface area contributed by atoms with E-state index in [1.807, 2.05) is 49.1 Å². The number of aryl methyl sites for hydroxylation is 1. The molecule has 0 saturated heterocycles. The van der Waals surface area contributed by atoms with Crippen LogP contribution in [0.4, 0.5) is 0 Å². The molecule has 0 saturated carbocycles. The molecule has 2 amide bonds. The van der Waals surface area contributed by atoms with E-state index in [4.69, 9.17) is 0 Å². The van der Waals surface area contributed by atoms with E-state index in [1.54, 1.807) is 16.2 Å². The van der Waals surface area contributed by atoms with E-state index >= 15 is 0 Å². The van der Waals surface area contributed by atoms with Crippen molar-refractivity contribution in [3.8, 4) is 0 Å². The molecule has 1 heterocycles. The van der Waals surface area contributed by atoms with Crippen molar-refractivity contribution in [1.29, 1.82) is 0 Å². The van der Waals surface area contributed by atoms with E-state index < -0.39 is 0 Å². The standard InChI is InChI=1S/C27H40N2O2S/c1-20(2)29(25(30)15-21(3)16-27(5,6)7)19-26(31)28(17-23-11-9-8-10-12-23)18-24-22(4)13-14-32-24/h8-14,20-21H,15-19H2,1-7H3. The Labute approximate surface area is 198 Å². The highest BCUT2D eigenvalue weighted by Gasteiger charge is 2.26. The van der Waals surface area contributed by atoms with Crippen molar-refractivity contribution in [3.63, 3.8) is 0 Å². The van der Waals surface area contributed by atoms with E-state index in [0.29, 0.717) is 19.5 Å². The molecule has 5 heteroatoms. The third-order valence-electron chi connectivity index (χ3n) is 5.60. The number of thiophene rings is 1. The van der Waals surface area contributed by atoms with Gasteiger partial charge in [0.25, 0.3) is 0 Å². The second-order valence-corrected chi connectivity index (χ2v) is 11.5. The zero-order chi connectivity index (χ0) is 23.9. The summed E-state index contributed by atoms with van der Waals surface area (Å²) in [6.45, 7) is 16.0. The third kappa shape index (κ3) is 8.42. The zero-order valence-corrected chi connectivity index (χ0v) is 21.7. The number of carbonyl (C=O) groups excluding carboxylic acids is 2. The zero-order valence-electron chi connectivity index (χ0n) is 20.9. The first kappa shape index (κ1) is 26.1. The maximum Gasteiger partial charge on any atom is 0.242 e. The van der Waals surface area contributed by atoms with E-state index in [0.717, 1.165) is 12.0 Å². The molecule has 0 fully saturated rings. The summed E-state index contributed by atoms with van der Waals surface area (Å²) in [4.78, 5) is 31.4. The Morgan fingerprint density at radius 2 is 1.62 bits per heavy atom. The summed E-state index contributed by atoms with van der Waals surface area (Å²) >= 11 is 1.68. The third-order valence-corrected chi connectivity index (χ3v) is 6.61. The summed E-state index contributed by atoms with van der Waals surface area (Å²) in [6, 6.07) is 12.1. The molecule has 1 aromatic carbocycles. The lowest BCUT2D eigenvalue weighted by molar-refractivity contribution is -0.143. The fourth-order valence-corrected chi connectivity index (χ4v) is 5.03. The van der Waals surface area contributed by atoms with Gasteiger partial charge in [0.15, 0.2) is 0 Å². The molecule has 0 N–H and O–H groups in total. The molecule has 0 aliphatic rings. The number of amides is 2. The van der Waals surface area contributed by atoms with Gasteiger partial charge in [-0.25, -0.2) is 0 Å². The maximum absolute atomic E-state index is 13.5. The molecule has 0 bridgehead atoms. The average Bonchev–Trinajstić information content (AvgIpc) is 3.08. The van der Waals surface area contributed by atoms with Crippen molar-refractivity contribution < 1.29 is 9.59 Å². The van der Waals surface area contributed by atoms with Gasteiger partial charge in [-0.1, -0.05) is 58.0 Å². The van der Waals surface area contributed by atoms with Crippen molar-refractivity contribution in [1.82, 2.24) is 9.80 Å². The van der Waals surface area contributed by atoms with Crippen LogP contribution in [0.1, 0.15) is 70.4 Å². The number of nitrogens with zero attached hydrogens (tertiary/aromatic N) is 2. The van der Waals surface area contributed by atoms with Gasteiger partial charge in [0.1, 0.15) is 0 Å². The van der Waals surface area contributed by atoms with E-state index in [1.165, 1.54) is 10.4 Å². The number of carbonyl (C=O) groups is 2. The minimum absolute atomic E-state index is 0.00724.